The lowest BCUT2D eigenvalue weighted by Gasteiger charge is -2.34. The van der Waals surface area contributed by atoms with Gasteiger partial charge in [0.05, 0.1) is 24.3 Å². The molecular formula is C24H26N4O4. The van der Waals surface area contributed by atoms with Gasteiger partial charge in [0, 0.05) is 43.3 Å². The fraction of sp³-hybridized carbons (Fsp3) is 0.333. The van der Waals surface area contributed by atoms with Crippen LogP contribution >= 0.6 is 0 Å². The van der Waals surface area contributed by atoms with E-state index >= 15 is 0 Å². The number of nitrogens with zero attached hydrogens (tertiary/aromatic N) is 3. The van der Waals surface area contributed by atoms with E-state index in [0.717, 1.165) is 16.5 Å². The van der Waals surface area contributed by atoms with Crippen molar-refractivity contribution in [2.75, 3.05) is 32.8 Å². The number of aromatic amines is 1. The average Bonchev–Trinajstić information content (AvgIpc) is 3.21. The molecule has 1 fully saturated rings. The zero-order chi connectivity index (χ0) is 22.7. The predicted molar refractivity (Wildman–Crippen MR) is 119 cm³/mol. The van der Waals surface area contributed by atoms with E-state index in [1.807, 2.05) is 30.5 Å². The van der Waals surface area contributed by atoms with Crippen LogP contribution in [0.3, 0.4) is 0 Å². The average molecular weight is 434 g/mol. The van der Waals surface area contributed by atoms with Gasteiger partial charge in [-0.05, 0) is 37.6 Å². The van der Waals surface area contributed by atoms with Gasteiger partial charge in [0.2, 0.25) is 5.91 Å². The van der Waals surface area contributed by atoms with E-state index in [2.05, 4.69) is 9.97 Å². The Morgan fingerprint density at radius 1 is 1.03 bits per heavy atom. The fourth-order valence-electron chi connectivity index (χ4n) is 3.98. The van der Waals surface area contributed by atoms with Crippen LogP contribution in [0.1, 0.15) is 39.0 Å². The maximum absolute atomic E-state index is 12.9. The number of esters is 1. The van der Waals surface area contributed by atoms with Gasteiger partial charge in [0.25, 0.3) is 5.91 Å². The third kappa shape index (κ3) is 4.34. The van der Waals surface area contributed by atoms with Gasteiger partial charge in [-0.3, -0.25) is 9.59 Å². The van der Waals surface area contributed by atoms with Crippen molar-refractivity contribution in [3.8, 4) is 0 Å². The van der Waals surface area contributed by atoms with Crippen molar-refractivity contribution >= 4 is 28.7 Å². The van der Waals surface area contributed by atoms with Crippen LogP contribution in [0.4, 0.5) is 0 Å². The maximum Gasteiger partial charge on any atom is 0.339 e. The Morgan fingerprint density at radius 2 is 1.75 bits per heavy atom. The molecule has 0 unspecified atom stereocenters. The quantitative estimate of drug-likeness (QED) is 0.623. The van der Waals surface area contributed by atoms with Crippen LogP contribution in [0.15, 0.2) is 42.6 Å². The van der Waals surface area contributed by atoms with Crippen molar-refractivity contribution < 1.29 is 19.1 Å². The Bertz CT molecular complexity index is 1160. The molecule has 2 aromatic heterocycles. The first-order valence-electron chi connectivity index (χ1n) is 10.7. The number of aromatic nitrogens is 2. The molecule has 0 atom stereocenters. The second kappa shape index (κ2) is 9.21. The number of amides is 2. The number of rotatable bonds is 5. The van der Waals surface area contributed by atoms with Gasteiger partial charge >= 0.3 is 5.97 Å². The summed E-state index contributed by atoms with van der Waals surface area (Å²) in [7, 11) is 0. The molecule has 8 heteroatoms. The van der Waals surface area contributed by atoms with Crippen LogP contribution in [-0.4, -0.2) is 70.3 Å². The molecule has 3 heterocycles. The molecule has 32 heavy (non-hydrogen) atoms. The van der Waals surface area contributed by atoms with E-state index in [-0.39, 0.29) is 24.1 Å². The number of ether oxygens (including phenoxy) is 1. The minimum atomic E-state index is -0.446. The number of hydrogen-bond donors (Lipinski definition) is 1. The van der Waals surface area contributed by atoms with Gasteiger partial charge in [-0.25, -0.2) is 9.78 Å². The van der Waals surface area contributed by atoms with Crippen LogP contribution in [0, 0.1) is 6.92 Å². The zero-order valence-electron chi connectivity index (χ0n) is 18.3. The van der Waals surface area contributed by atoms with E-state index in [1.54, 1.807) is 35.8 Å². The molecule has 2 amide bonds. The Labute approximate surface area is 186 Å². The molecule has 4 rings (SSSR count). The molecule has 1 aromatic carbocycles. The van der Waals surface area contributed by atoms with Crippen molar-refractivity contribution in [2.24, 2.45) is 0 Å². The number of hydrogen-bond acceptors (Lipinski definition) is 5. The summed E-state index contributed by atoms with van der Waals surface area (Å²) >= 11 is 0. The van der Waals surface area contributed by atoms with Gasteiger partial charge in [-0.15, -0.1) is 0 Å². The normalized spacial score (nSPS) is 13.9. The minimum absolute atomic E-state index is 0.0506. The van der Waals surface area contributed by atoms with Crippen LogP contribution in [0.25, 0.3) is 10.9 Å². The summed E-state index contributed by atoms with van der Waals surface area (Å²) in [4.78, 5) is 48.6. The first kappa shape index (κ1) is 21.5. The van der Waals surface area contributed by atoms with Crippen LogP contribution in [0.2, 0.25) is 0 Å². The molecule has 8 nitrogen and oxygen atoms in total. The fourth-order valence-corrected chi connectivity index (χ4v) is 3.98. The lowest BCUT2D eigenvalue weighted by Crippen LogP contribution is -2.51. The van der Waals surface area contributed by atoms with Gasteiger partial charge in [0.1, 0.15) is 5.69 Å². The molecule has 1 N–H and O–H groups in total. The molecule has 0 aliphatic carbocycles. The third-order valence-corrected chi connectivity index (χ3v) is 5.74. The summed E-state index contributed by atoms with van der Waals surface area (Å²) in [6, 6.07) is 11.0. The standard InChI is InChI=1S/C24H26N4O4/c1-3-32-24(31)18-8-9-21(26-16(18)2)23(30)28-12-10-27(11-13-28)22(29)14-17-15-25-20-7-5-4-6-19(17)20/h4-9,15,25H,3,10-14H2,1-2H3. The Balaban J connectivity index is 1.36. The van der Waals surface area contributed by atoms with Crippen LogP contribution in [-0.2, 0) is 16.0 Å². The zero-order valence-corrected chi connectivity index (χ0v) is 18.3. The minimum Gasteiger partial charge on any atom is -0.462 e. The number of H-pyrrole nitrogens is 1. The summed E-state index contributed by atoms with van der Waals surface area (Å²) < 4.78 is 5.01. The largest absolute Gasteiger partial charge is 0.462 e. The van der Waals surface area contributed by atoms with Crippen LogP contribution in [0.5, 0.6) is 0 Å². The number of para-hydroxylation sites is 1. The van der Waals surface area contributed by atoms with Crippen molar-refractivity contribution in [1.29, 1.82) is 0 Å². The highest BCUT2D eigenvalue weighted by atomic mass is 16.5. The van der Waals surface area contributed by atoms with E-state index in [4.69, 9.17) is 4.74 Å². The van der Waals surface area contributed by atoms with Crippen molar-refractivity contribution in [3.63, 3.8) is 0 Å². The Hall–Kier alpha value is -3.68. The van der Waals surface area contributed by atoms with Crippen molar-refractivity contribution in [2.45, 2.75) is 20.3 Å². The summed E-state index contributed by atoms with van der Waals surface area (Å²) in [6.07, 6.45) is 2.21. The molecule has 1 saturated heterocycles. The first-order chi connectivity index (χ1) is 15.5. The lowest BCUT2D eigenvalue weighted by atomic mass is 10.1. The SMILES string of the molecule is CCOC(=O)c1ccc(C(=O)N2CCN(C(=O)Cc3c[nH]c4ccccc34)CC2)nc1C. The van der Waals surface area contributed by atoms with E-state index in [1.165, 1.54) is 0 Å². The number of carbonyl (C=O) groups is 3. The second-order valence-electron chi connectivity index (χ2n) is 7.76. The number of fused-ring (bicyclic) bond motifs is 1. The lowest BCUT2D eigenvalue weighted by molar-refractivity contribution is -0.131. The van der Waals surface area contributed by atoms with Crippen LogP contribution < -0.4 is 0 Å². The highest BCUT2D eigenvalue weighted by Crippen LogP contribution is 2.19. The molecule has 0 spiro atoms. The second-order valence-corrected chi connectivity index (χ2v) is 7.76. The number of piperazine rings is 1. The Kier molecular flexibility index (Phi) is 6.20. The molecule has 1 aliphatic rings. The number of nitrogens with one attached hydrogen (secondary N) is 1. The van der Waals surface area contributed by atoms with Crippen molar-refractivity contribution in [3.05, 3.63) is 65.1 Å². The molecule has 166 valence electrons. The summed E-state index contributed by atoms with van der Waals surface area (Å²) in [5.74, 6) is -0.597. The number of aryl methyl sites for hydroxylation is 1. The predicted octanol–water partition coefficient (Wildman–Crippen LogP) is 2.58. The van der Waals surface area contributed by atoms with E-state index in [0.29, 0.717) is 43.9 Å². The first-order valence-corrected chi connectivity index (χ1v) is 10.7. The molecular weight excluding hydrogens is 408 g/mol. The van der Waals surface area contributed by atoms with Gasteiger partial charge in [0.15, 0.2) is 0 Å². The number of pyridine rings is 1. The summed E-state index contributed by atoms with van der Waals surface area (Å²) in [5.41, 5.74) is 3.10. The summed E-state index contributed by atoms with van der Waals surface area (Å²) in [5, 5.41) is 1.06. The molecule has 0 radical (unpaired) electrons. The highest BCUT2D eigenvalue weighted by Gasteiger charge is 2.26. The van der Waals surface area contributed by atoms with Gasteiger partial charge < -0.3 is 19.5 Å². The summed E-state index contributed by atoms with van der Waals surface area (Å²) in [6.45, 7) is 5.55. The van der Waals surface area contributed by atoms with E-state index in [9.17, 15) is 14.4 Å². The number of benzene rings is 1. The topological polar surface area (TPSA) is 95.6 Å². The third-order valence-electron chi connectivity index (χ3n) is 5.74. The maximum atomic E-state index is 12.9. The van der Waals surface area contributed by atoms with Gasteiger partial charge in [-0.1, -0.05) is 18.2 Å². The smallest absolute Gasteiger partial charge is 0.339 e. The molecule has 1 aliphatic heterocycles. The monoisotopic (exact) mass is 434 g/mol. The van der Waals surface area contributed by atoms with Gasteiger partial charge in [-0.2, -0.15) is 0 Å². The van der Waals surface area contributed by atoms with Crippen molar-refractivity contribution in [1.82, 2.24) is 19.8 Å². The van der Waals surface area contributed by atoms with E-state index < -0.39 is 5.97 Å². The Morgan fingerprint density at radius 3 is 2.47 bits per heavy atom. The molecule has 3 aromatic rings. The molecule has 0 bridgehead atoms. The highest BCUT2D eigenvalue weighted by molar-refractivity contribution is 5.95. The molecule has 0 saturated carbocycles. The number of carbonyl (C=O) groups excluding carboxylic acids is 3.